The molecule has 0 spiro atoms. The predicted molar refractivity (Wildman–Crippen MR) is 141 cm³/mol. The summed E-state index contributed by atoms with van der Waals surface area (Å²) in [6.45, 7) is 6.50. The molecule has 0 bridgehead atoms. The fraction of sp³-hybridized carbons (Fsp3) is 0.259. The normalized spacial score (nSPS) is 12.5. The van der Waals surface area contributed by atoms with Crippen molar-refractivity contribution in [1.82, 2.24) is 14.7 Å². The minimum Gasteiger partial charge on any atom is -0.760 e. The Balaban J connectivity index is 1.91. The third kappa shape index (κ3) is 5.18. The van der Waals surface area contributed by atoms with Gasteiger partial charge in [0.25, 0.3) is 5.56 Å². The quantitative estimate of drug-likeness (QED) is 0.358. The van der Waals surface area contributed by atoms with Crippen molar-refractivity contribution in [3.63, 3.8) is 0 Å². The van der Waals surface area contributed by atoms with Gasteiger partial charge in [-0.2, -0.15) is 0 Å². The van der Waals surface area contributed by atoms with Crippen LogP contribution in [-0.2, 0) is 23.2 Å². The molecule has 0 saturated heterocycles. The summed E-state index contributed by atoms with van der Waals surface area (Å²) in [6, 6.07) is 15.0. The van der Waals surface area contributed by atoms with Gasteiger partial charge in [0.15, 0.2) is 5.88 Å². The number of fused-ring (bicyclic) bond motifs is 1. The first-order valence-electron chi connectivity index (χ1n) is 11.3. The Morgan fingerprint density at radius 3 is 2.31 bits per heavy atom. The van der Waals surface area contributed by atoms with E-state index in [0.717, 1.165) is 27.6 Å². The van der Waals surface area contributed by atoms with E-state index in [2.05, 4.69) is 30.5 Å². The van der Waals surface area contributed by atoms with Crippen molar-refractivity contribution in [3.8, 4) is 33.9 Å². The number of benzene rings is 2. The van der Waals surface area contributed by atoms with Crippen molar-refractivity contribution in [2.45, 2.75) is 32.7 Å². The van der Waals surface area contributed by atoms with Crippen molar-refractivity contribution >= 4 is 22.2 Å². The molecule has 0 saturated carbocycles. The summed E-state index contributed by atoms with van der Waals surface area (Å²) in [5.41, 5.74) is 4.89. The largest absolute Gasteiger partial charge is 0.760 e. The van der Waals surface area contributed by atoms with E-state index < -0.39 is 11.3 Å². The number of ether oxygens (including phenoxy) is 2. The molecule has 0 aliphatic carbocycles. The Labute approximate surface area is 212 Å². The van der Waals surface area contributed by atoms with Crippen LogP contribution in [0.25, 0.3) is 33.2 Å². The average Bonchev–Trinajstić information content (AvgIpc) is 2.86. The molecule has 4 aromatic rings. The molecule has 0 fully saturated rings. The highest BCUT2D eigenvalue weighted by atomic mass is 32.2. The number of nitrogens with zero attached hydrogens (tertiary/aromatic N) is 1. The lowest BCUT2D eigenvalue weighted by molar-refractivity contribution is 0.397. The first-order chi connectivity index (χ1) is 17.1. The molecule has 0 aliphatic rings. The number of H-pyrrole nitrogens is 1. The molecule has 0 radical (unpaired) electrons. The fourth-order valence-electron chi connectivity index (χ4n) is 4.16. The average molecular weight is 507 g/mol. The van der Waals surface area contributed by atoms with Gasteiger partial charge in [-0.15, -0.1) is 0 Å². The first-order valence-corrected chi connectivity index (χ1v) is 12.4. The van der Waals surface area contributed by atoms with E-state index in [1.165, 1.54) is 7.11 Å². The molecule has 188 valence electrons. The molecule has 2 N–H and O–H groups in total. The van der Waals surface area contributed by atoms with Crippen molar-refractivity contribution in [3.05, 3.63) is 76.2 Å². The number of aromatic amines is 1. The first kappa shape index (κ1) is 25.6. The SMILES string of the molecule is COc1ccc(-c2cc(C(C)(C)C)c(OC)c3cc(-c4ccc(CNS(=O)[O-])cc4)cnc23)c(=O)[nH]1. The van der Waals surface area contributed by atoms with Crippen molar-refractivity contribution in [2.75, 3.05) is 14.2 Å². The molecular formula is C27H28N3O5S-. The molecule has 1 unspecified atom stereocenters. The van der Waals surface area contributed by atoms with E-state index in [4.69, 9.17) is 14.5 Å². The van der Waals surface area contributed by atoms with Crippen LogP contribution in [0.3, 0.4) is 0 Å². The van der Waals surface area contributed by atoms with Gasteiger partial charge in [0.2, 0.25) is 0 Å². The third-order valence-electron chi connectivity index (χ3n) is 6.01. The zero-order chi connectivity index (χ0) is 26.0. The van der Waals surface area contributed by atoms with Gasteiger partial charge in [-0.25, -0.2) is 4.72 Å². The van der Waals surface area contributed by atoms with E-state index in [9.17, 15) is 13.6 Å². The van der Waals surface area contributed by atoms with Crippen LogP contribution >= 0.6 is 0 Å². The van der Waals surface area contributed by atoms with Crippen LogP contribution < -0.4 is 19.8 Å². The highest BCUT2D eigenvalue weighted by Crippen LogP contribution is 2.42. The van der Waals surface area contributed by atoms with Gasteiger partial charge < -0.3 is 14.0 Å². The Kier molecular flexibility index (Phi) is 7.26. The number of methoxy groups -OCH3 is 2. The topological polar surface area (TPSA) is 116 Å². The number of hydrogen-bond donors (Lipinski definition) is 2. The van der Waals surface area contributed by atoms with Crippen LogP contribution in [-0.4, -0.2) is 32.9 Å². The van der Waals surface area contributed by atoms with Gasteiger partial charge in [-0.3, -0.25) is 19.0 Å². The second-order valence-electron chi connectivity index (χ2n) is 9.40. The highest BCUT2D eigenvalue weighted by Gasteiger charge is 2.25. The zero-order valence-electron chi connectivity index (χ0n) is 20.8. The van der Waals surface area contributed by atoms with E-state index in [-0.39, 0.29) is 17.5 Å². The second kappa shape index (κ2) is 10.2. The minimum atomic E-state index is -2.31. The van der Waals surface area contributed by atoms with E-state index in [0.29, 0.717) is 28.3 Å². The van der Waals surface area contributed by atoms with Crippen molar-refractivity contribution in [2.24, 2.45) is 0 Å². The van der Waals surface area contributed by atoms with Gasteiger partial charge in [-0.1, -0.05) is 45.0 Å². The summed E-state index contributed by atoms with van der Waals surface area (Å²) < 4.78 is 35.0. The number of nitrogens with one attached hydrogen (secondary N) is 2. The number of hydrogen-bond acceptors (Lipinski definition) is 6. The summed E-state index contributed by atoms with van der Waals surface area (Å²) >= 11 is -2.31. The molecule has 8 nitrogen and oxygen atoms in total. The summed E-state index contributed by atoms with van der Waals surface area (Å²) in [4.78, 5) is 20.5. The molecule has 0 aliphatic heterocycles. The maximum absolute atomic E-state index is 12.9. The number of aromatic nitrogens is 2. The van der Waals surface area contributed by atoms with Crippen LogP contribution in [0.5, 0.6) is 11.6 Å². The second-order valence-corrected chi connectivity index (χ2v) is 10.2. The maximum atomic E-state index is 12.9. The van der Waals surface area contributed by atoms with Gasteiger partial charge >= 0.3 is 0 Å². The monoisotopic (exact) mass is 506 g/mol. The Morgan fingerprint density at radius 1 is 1.00 bits per heavy atom. The summed E-state index contributed by atoms with van der Waals surface area (Å²) in [6.07, 6.45) is 1.76. The molecule has 4 rings (SSSR count). The Bertz CT molecular complexity index is 1490. The van der Waals surface area contributed by atoms with Crippen molar-refractivity contribution in [1.29, 1.82) is 0 Å². The maximum Gasteiger partial charge on any atom is 0.258 e. The summed E-state index contributed by atoms with van der Waals surface area (Å²) in [7, 11) is 3.14. The molecule has 2 heterocycles. The lowest BCUT2D eigenvalue weighted by Crippen LogP contribution is -2.15. The third-order valence-corrected chi connectivity index (χ3v) is 6.39. The van der Waals surface area contributed by atoms with Gasteiger partial charge in [-0.05, 0) is 40.8 Å². The van der Waals surface area contributed by atoms with Crippen LogP contribution in [0.4, 0.5) is 0 Å². The molecule has 2 aromatic carbocycles. The zero-order valence-corrected chi connectivity index (χ0v) is 21.6. The van der Waals surface area contributed by atoms with Crippen LogP contribution in [0, 0.1) is 0 Å². The highest BCUT2D eigenvalue weighted by molar-refractivity contribution is 7.77. The Hall–Kier alpha value is -3.53. The molecular weight excluding hydrogens is 478 g/mol. The number of rotatable bonds is 7. The van der Waals surface area contributed by atoms with E-state index in [1.54, 1.807) is 25.4 Å². The van der Waals surface area contributed by atoms with E-state index in [1.807, 2.05) is 36.4 Å². The van der Waals surface area contributed by atoms with Crippen LogP contribution in [0.1, 0.15) is 31.9 Å². The van der Waals surface area contributed by atoms with E-state index >= 15 is 0 Å². The lowest BCUT2D eigenvalue weighted by Gasteiger charge is -2.25. The molecule has 9 heteroatoms. The molecule has 36 heavy (non-hydrogen) atoms. The molecule has 1 atom stereocenters. The van der Waals surface area contributed by atoms with Crippen LogP contribution in [0.15, 0.2) is 59.5 Å². The minimum absolute atomic E-state index is 0.217. The lowest BCUT2D eigenvalue weighted by atomic mass is 9.83. The summed E-state index contributed by atoms with van der Waals surface area (Å²) in [5, 5.41) is 0.792. The van der Waals surface area contributed by atoms with Crippen LogP contribution in [0.2, 0.25) is 0 Å². The fourth-order valence-corrected chi connectivity index (χ4v) is 4.44. The Morgan fingerprint density at radius 2 is 1.72 bits per heavy atom. The standard InChI is InChI=1S/C27H29N3O5S/c1-27(2,3)22-13-20(19-10-11-23(34-4)30-26(19)31)24-21(25(22)35-5)12-18(15-28-24)17-8-6-16(7-9-17)14-29-36(32)33/h6-13,15,29H,14H2,1-5H3,(H,30,31)(H,32,33)/p-1. The predicted octanol–water partition coefficient (Wildman–Crippen LogP) is 4.46. The molecule has 0 amide bonds. The summed E-state index contributed by atoms with van der Waals surface area (Å²) in [5.74, 6) is 1.09. The van der Waals surface area contributed by atoms with Gasteiger partial charge in [0.1, 0.15) is 5.75 Å². The van der Waals surface area contributed by atoms with Crippen molar-refractivity contribution < 1.29 is 18.2 Å². The van der Waals surface area contributed by atoms with Gasteiger partial charge in [0.05, 0.1) is 19.7 Å². The smallest absolute Gasteiger partial charge is 0.258 e. The number of pyridine rings is 2. The molecule has 2 aromatic heterocycles. The van der Waals surface area contributed by atoms with Gasteiger partial charge in [0, 0.05) is 51.6 Å².